The Hall–Kier alpha value is -3.95. The summed E-state index contributed by atoms with van der Waals surface area (Å²) in [7, 11) is 0. The van der Waals surface area contributed by atoms with Crippen molar-refractivity contribution in [3.63, 3.8) is 0 Å². The summed E-state index contributed by atoms with van der Waals surface area (Å²) in [5.74, 6) is 0. The number of hydrogen-bond acceptors (Lipinski definition) is 2. The molecule has 0 saturated carbocycles. The third-order valence-electron chi connectivity index (χ3n) is 8.28. The second kappa shape index (κ2) is 9.04. The van der Waals surface area contributed by atoms with Crippen LogP contribution in [0.5, 0.6) is 0 Å². The maximum atomic E-state index is 7.03. The molecule has 0 aliphatic carbocycles. The topological polar surface area (TPSA) is 6.48 Å². The highest BCUT2D eigenvalue weighted by Gasteiger charge is 2.43. The van der Waals surface area contributed by atoms with Crippen molar-refractivity contribution in [2.75, 3.05) is 9.80 Å². The van der Waals surface area contributed by atoms with Crippen molar-refractivity contribution < 1.29 is 0 Å². The van der Waals surface area contributed by atoms with E-state index in [1.807, 2.05) is 0 Å². The van der Waals surface area contributed by atoms with E-state index in [-0.39, 0.29) is 6.71 Å². The molecule has 2 aliphatic heterocycles. The van der Waals surface area contributed by atoms with E-state index in [2.05, 4.69) is 136 Å². The molecule has 0 radical (unpaired) electrons. The molecule has 5 aromatic carbocycles. The van der Waals surface area contributed by atoms with Gasteiger partial charge in [0.15, 0.2) is 0 Å². The van der Waals surface area contributed by atoms with Crippen LogP contribution in [-0.4, -0.2) is 6.71 Å². The lowest BCUT2D eigenvalue weighted by Gasteiger charge is -2.44. The van der Waals surface area contributed by atoms with Crippen LogP contribution in [0.1, 0.15) is 33.4 Å². The van der Waals surface area contributed by atoms with Crippen LogP contribution >= 0.6 is 11.6 Å². The van der Waals surface area contributed by atoms with Crippen molar-refractivity contribution in [3.8, 4) is 0 Å². The lowest BCUT2D eigenvalue weighted by Crippen LogP contribution is -2.61. The van der Waals surface area contributed by atoms with Crippen molar-refractivity contribution in [2.45, 2.75) is 41.5 Å². The van der Waals surface area contributed by atoms with Gasteiger partial charge in [-0.25, -0.2) is 0 Å². The third kappa shape index (κ3) is 3.87. The quantitative estimate of drug-likeness (QED) is 0.204. The maximum Gasteiger partial charge on any atom is 0.252 e. The molecular weight excluding hydrogens is 507 g/mol. The van der Waals surface area contributed by atoms with E-state index in [0.29, 0.717) is 0 Å². The molecule has 0 saturated heterocycles. The second-order valence-electron chi connectivity index (χ2n) is 11.8. The van der Waals surface area contributed by atoms with Gasteiger partial charge in [-0.15, -0.1) is 0 Å². The zero-order valence-electron chi connectivity index (χ0n) is 23.9. The smallest absolute Gasteiger partial charge is 0.252 e. The summed E-state index contributed by atoms with van der Waals surface area (Å²) in [6.07, 6.45) is 0. The van der Waals surface area contributed by atoms with Crippen molar-refractivity contribution in [3.05, 3.63) is 123 Å². The van der Waals surface area contributed by atoms with Crippen molar-refractivity contribution in [1.82, 2.24) is 0 Å². The number of fused-ring (bicyclic) bond motifs is 4. The summed E-state index contributed by atoms with van der Waals surface area (Å²) in [4.78, 5) is 4.87. The molecule has 0 N–H and O–H groups in total. The predicted molar refractivity (Wildman–Crippen MR) is 174 cm³/mol. The highest BCUT2D eigenvalue weighted by Crippen LogP contribution is 2.45. The molecule has 196 valence electrons. The minimum atomic E-state index is 0.109. The Morgan fingerprint density at radius 2 is 0.850 bits per heavy atom. The lowest BCUT2D eigenvalue weighted by atomic mass is 9.33. The van der Waals surface area contributed by atoms with Crippen LogP contribution in [0.25, 0.3) is 0 Å². The highest BCUT2D eigenvalue weighted by atomic mass is 35.5. The summed E-state index contributed by atoms with van der Waals surface area (Å²) in [5.41, 5.74) is 18.5. The minimum absolute atomic E-state index is 0.109. The van der Waals surface area contributed by atoms with Gasteiger partial charge in [-0.05, 0) is 140 Å². The number of anilines is 6. The van der Waals surface area contributed by atoms with Gasteiger partial charge in [0.05, 0.1) is 0 Å². The molecule has 0 bridgehead atoms. The van der Waals surface area contributed by atoms with Gasteiger partial charge in [0.2, 0.25) is 0 Å². The first-order valence-corrected chi connectivity index (χ1v) is 14.4. The predicted octanol–water partition coefficient (Wildman–Crippen LogP) is 8.27. The molecule has 7 rings (SSSR count). The molecular formula is C36H32BClN2. The molecule has 2 nitrogen and oxygen atoms in total. The van der Waals surface area contributed by atoms with E-state index in [1.165, 1.54) is 72.5 Å². The van der Waals surface area contributed by atoms with E-state index in [0.717, 1.165) is 16.4 Å². The molecule has 0 atom stereocenters. The van der Waals surface area contributed by atoms with Crippen molar-refractivity contribution in [2.24, 2.45) is 0 Å². The average molecular weight is 539 g/mol. The average Bonchev–Trinajstić information content (AvgIpc) is 2.86. The standard InChI is InChI=1S/C36H32BClN2/c1-21-7-9-30-32(17-21)39(28-13-23(3)11-24(4)14-28)34-19-27(38)20-35-36(34)37(30)31-10-8-22(2)18-33(31)40(35)29-15-25(5)12-26(6)16-29/h7-20H,1-6H3. The normalized spacial score (nSPS) is 13.2. The lowest BCUT2D eigenvalue weighted by molar-refractivity contribution is 1.22. The summed E-state index contributed by atoms with van der Waals surface area (Å²) >= 11 is 7.03. The van der Waals surface area contributed by atoms with Crippen LogP contribution in [0, 0.1) is 41.5 Å². The summed E-state index contributed by atoms with van der Waals surface area (Å²) in [6.45, 7) is 13.2. The summed E-state index contributed by atoms with van der Waals surface area (Å²) in [5, 5.41) is 0.739. The number of nitrogens with zero attached hydrogens (tertiary/aromatic N) is 2. The fourth-order valence-corrected chi connectivity index (χ4v) is 7.10. The van der Waals surface area contributed by atoms with Crippen LogP contribution in [0.3, 0.4) is 0 Å². The Morgan fingerprint density at radius 1 is 0.450 bits per heavy atom. The largest absolute Gasteiger partial charge is 0.311 e. The van der Waals surface area contributed by atoms with E-state index >= 15 is 0 Å². The van der Waals surface area contributed by atoms with Crippen LogP contribution in [0.2, 0.25) is 5.02 Å². The Balaban J connectivity index is 1.61. The molecule has 0 spiro atoms. The van der Waals surface area contributed by atoms with Crippen molar-refractivity contribution in [1.29, 1.82) is 0 Å². The van der Waals surface area contributed by atoms with Gasteiger partial charge < -0.3 is 9.80 Å². The van der Waals surface area contributed by atoms with Crippen LogP contribution in [-0.2, 0) is 0 Å². The number of benzene rings is 5. The van der Waals surface area contributed by atoms with Crippen molar-refractivity contribution >= 4 is 68.8 Å². The Kier molecular flexibility index (Phi) is 5.66. The first kappa shape index (κ1) is 25.1. The fourth-order valence-electron chi connectivity index (χ4n) is 6.89. The van der Waals surface area contributed by atoms with Gasteiger partial charge in [0.25, 0.3) is 6.71 Å². The minimum Gasteiger partial charge on any atom is -0.311 e. The molecule has 0 amide bonds. The third-order valence-corrected chi connectivity index (χ3v) is 8.49. The van der Waals surface area contributed by atoms with Gasteiger partial charge in [0, 0.05) is 39.1 Å². The van der Waals surface area contributed by atoms with E-state index < -0.39 is 0 Å². The van der Waals surface area contributed by atoms with Crippen LogP contribution < -0.4 is 26.2 Å². The summed E-state index contributed by atoms with van der Waals surface area (Å²) in [6, 6.07) is 31.8. The van der Waals surface area contributed by atoms with Gasteiger partial charge in [-0.2, -0.15) is 0 Å². The fraction of sp³-hybridized carbons (Fsp3) is 0.167. The van der Waals surface area contributed by atoms with Gasteiger partial charge in [-0.3, -0.25) is 0 Å². The van der Waals surface area contributed by atoms with E-state index in [1.54, 1.807) is 0 Å². The molecule has 2 heterocycles. The zero-order valence-corrected chi connectivity index (χ0v) is 24.7. The highest BCUT2D eigenvalue weighted by molar-refractivity contribution is 7.00. The molecule has 5 aromatic rings. The van der Waals surface area contributed by atoms with Crippen LogP contribution in [0.15, 0.2) is 84.9 Å². The van der Waals surface area contributed by atoms with Gasteiger partial charge in [-0.1, -0.05) is 48.0 Å². The Labute approximate surface area is 242 Å². The Bertz CT molecular complexity index is 1690. The van der Waals surface area contributed by atoms with Crippen LogP contribution in [0.4, 0.5) is 34.1 Å². The van der Waals surface area contributed by atoms with Gasteiger partial charge in [0.1, 0.15) is 0 Å². The molecule has 2 aliphatic rings. The van der Waals surface area contributed by atoms with E-state index in [4.69, 9.17) is 11.6 Å². The Morgan fingerprint density at radius 3 is 1.25 bits per heavy atom. The first-order chi connectivity index (χ1) is 19.2. The SMILES string of the molecule is Cc1cc(C)cc(N2c3cc(C)ccc3B3c4ccc(C)cc4N(c4cc(C)cc(C)c4)c4cc(Cl)cc2c43)c1. The molecule has 0 fully saturated rings. The van der Waals surface area contributed by atoms with E-state index in [9.17, 15) is 0 Å². The molecule has 40 heavy (non-hydrogen) atoms. The molecule has 0 unspecified atom stereocenters. The first-order valence-electron chi connectivity index (χ1n) is 14.0. The summed E-state index contributed by atoms with van der Waals surface area (Å²) < 4.78 is 0. The monoisotopic (exact) mass is 538 g/mol. The zero-order chi connectivity index (χ0) is 27.9. The molecule has 0 aromatic heterocycles. The number of rotatable bonds is 2. The molecule has 4 heteroatoms. The number of halogens is 1. The van der Waals surface area contributed by atoms with Gasteiger partial charge >= 0.3 is 0 Å². The maximum absolute atomic E-state index is 7.03. The second-order valence-corrected chi connectivity index (χ2v) is 12.2. The number of hydrogen-bond donors (Lipinski definition) is 0. The number of aryl methyl sites for hydroxylation is 6.